The molecule has 0 spiro atoms. The van der Waals surface area contributed by atoms with Crippen LogP contribution in [0.4, 0.5) is 5.82 Å². The third-order valence-electron chi connectivity index (χ3n) is 2.30. The molecule has 0 aliphatic heterocycles. The Morgan fingerprint density at radius 2 is 2.54 bits per heavy atom. The lowest BCUT2D eigenvalue weighted by atomic mass is 10.2. The van der Waals surface area contributed by atoms with E-state index >= 15 is 0 Å². The highest BCUT2D eigenvalue weighted by Gasteiger charge is 2.30. The first-order chi connectivity index (χ1) is 6.31. The molecule has 1 saturated carbocycles. The largest absolute Gasteiger partial charge is 0.311 e. The first-order valence-corrected chi connectivity index (χ1v) is 4.64. The van der Waals surface area contributed by atoms with Crippen molar-refractivity contribution in [2.75, 3.05) is 5.32 Å². The van der Waals surface area contributed by atoms with E-state index in [1.807, 2.05) is 6.92 Å². The van der Waals surface area contributed by atoms with Crippen molar-refractivity contribution in [3.8, 4) is 0 Å². The summed E-state index contributed by atoms with van der Waals surface area (Å²) in [6.07, 6.45) is 4.70. The maximum atomic E-state index is 11.4. The third-order valence-corrected chi connectivity index (χ3v) is 2.30. The minimum absolute atomic E-state index is 0.124. The predicted molar refractivity (Wildman–Crippen MR) is 49.3 cm³/mol. The highest BCUT2D eigenvalue weighted by molar-refractivity contribution is 5.93. The van der Waals surface area contributed by atoms with Crippen LogP contribution < -0.4 is 5.32 Å². The van der Waals surface area contributed by atoms with E-state index in [2.05, 4.69) is 15.5 Å². The molecule has 70 valence electrons. The molecule has 1 aliphatic rings. The summed E-state index contributed by atoms with van der Waals surface area (Å²) in [6, 6.07) is 0. The van der Waals surface area contributed by atoms with Crippen LogP contribution in [0.3, 0.4) is 0 Å². The summed E-state index contributed by atoms with van der Waals surface area (Å²) in [7, 11) is 0. The molecular formula is C9H13N3O. The first kappa shape index (κ1) is 8.29. The Morgan fingerprint density at radius 1 is 1.77 bits per heavy atom. The van der Waals surface area contributed by atoms with Crippen LogP contribution in [-0.4, -0.2) is 16.1 Å². The van der Waals surface area contributed by atoms with Gasteiger partial charge in [0.05, 0.1) is 6.20 Å². The second-order valence-electron chi connectivity index (χ2n) is 3.39. The summed E-state index contributed by atoms with van der Waals surface area (Å²) in [4.78, 5) is 11.4. The van der Waals surface area contributed by atoms with Crippen LogP contribution in [0.25, 0.3) is 0 Å². The van der Waals surface area contributed by atoms with Gasteiger partial charge in [0.1, 0.15) is 5.82 Å². The fourth-order valence-electron chi connectivity index (χ4n) is 1.26. The highest BCUT2D eigenvalue weighted by Crippen LogP contribution is 2.30. The van der Waals surface area contributed by atoms with Crippen LogP contribution in [0.15, 0.2) is 6.20 Å². The van der Waals surface area contributed by atoms with E-state index in [0.717, 1.165) is 30.6 Å². The fourth-order valence-corrected chi connectivity index (χ4v) is 1.26. The zero-order valence-corrected chi connectivity index (χ0v) is 7.63. The maximum Gasteiger partial charge on any atom is 0.228 e. The number of nitrogens with zero attached hydrogens (tertiary/aromatic N) is 1. The molecule has 0 bridgehead atoms. The Balaban J connectivity index is 2.03. The maximum absolute atomic E-state index is 11.4. The number of amides is 1. The Bertz CT molecular complexity index is 314. The summed E-state index contributed by atoms with van der Waals surface area (Å²) in [5, 5.41) is 9.52. The zero-order valence-electron chi connectivity index (χ0n) is 7.63. The van der Waals surface area contributed by atoms with Crippen molar-refractivity contribution in [2.24, 2.45) is 5.92 Å². The number of hydrogen-bond donors (Lipinski definition) is 2. The molecule has 1 heterocycles. The van der Waals surface area contributed by atoms with Gasteiger partial charge in [0.15, 0.2) is 0 Å². The Kier molecular flexibility index (Phi) is 2.04. The van der Waals surface area contributed by atoms with Crippen LogP contribution in [0, 0.1) is 5.92 Å². The predicted octanol–water partition coefficient (Wildman–Crippen LogP) is 1.32. The molecule has 0 unspecified atom stereocenters. The van der Waals surface area contributed by atoms with Gasteiger partial charge in [-0.3, -0.25) is 9.89 Å². The van der Waals surface area contributed by atoms with E-state index in [9.17, 15) is 4.79 Å². The van der Waals surface area contributed by atoms with E-state index in [1.54, 1.807) is 6.20 Å². The molecule has 1 aromatic rings. The fraction of sp³-hybridized carbons (Fsp3) is 0.556. The van der Waals surface area contributed by atoms with Crippen molar-refractivity contribution in [3.05, 3.63) is 11.8 Å². The van der Waals surface area contributed by atoms with E-state index in [1.165, 1.54) is 0 Å². The summed E-state index contributed by atoms with van der Waals surface area (Å²) < 4.78 is 0. The van der Waals surface area contributed by atoms with Crippen LogP contribution in [0.1, 0.15) is 25.3 Å². The second kappa shape index (κ2) is 3.20. The number of aromatic amines is 1. The minimum atomic E-state index is 0.124. The summed E-state index contributed by atoms with van der Waals surface area (Å²) in [5.41, 5.74) is 1.06. The molecular weight excluding hydrogens is 166 g/mol. The van der Waals surface area contributed by atoms with Crippen LogP contribution in [-0.2, 0) is 11.2 Å². The Hall–Kier alpha value is -1.32. The van der Waals surface area contributed by atoms with Crippen molar-refractivity contribution in [2.45, 2.75) is 26.2 Å². The average Bonchev–Trinajstić information content (AvgIpc) is 2.88. The third kappa shape index (κ3) is 1.71. The molecule has 1 amide bonds. The number of aromatic nitrogens is 2. The molecule has 2 N–H and O–H groups in total. The monoisotopic (exact) mass is 179 g/mol. The van der Waals surface area contributed by atoms with Gasteiger partial charge in [0, 0.05) is 11.5 Å². The lowest BCUT2D eigenvalue weighted by molar-refractivity contribution is -0.117. The van der Waals surface area contributed by atoms with Gasteiger partial charge in [0.25, 0.3) is 0 Å². The van der Waals surface area contributed by atoms with Crippen LogP contribution in [0.5, 0.6) is 0 Å². The van der Waals surface area contributed by atoms with Gasteiger partial charge in [-0.1, -0.05) is 6.92 Å². The quantitative estimate of drug-likeness (QED) is 0.735. The number of carbonyl (C=O) groups is 1. The summed E-state index contributed by atoms with van der Waals surface area (Å²) >= 11 is 0. The van der Waals surface area contributed by atoms with Gasteiger partial charge < -0.3 is 5.32 Å². The van der Waals surface area contributed by atoms with Gasteiger partial charge in [-0.05, 0) is 19.3 Å². The number of hydrogen-bond acceptors (Lipinski definition) is 2. The number of aryl methyl sites for hydroxylation is 1. The van der Waals surface area contributed by atoms with Crippen molar-refractivity contribution < 1.29 is 4.79 Å². The molecule has 0 atom stereocenters. The molecule has 4 nitrogen and oxygen atoms in total. The van der Waals surface area contributed by atoms with Gasteiger partial charge in [0.2, 0.25) is 5.91 Å². The molecule has 1 aromatic heterocycles. The smallest absolute Gasteiger partial charge is 0.228 e. The molecule has 2 rings (SSSR count). The van der Waals surface area contributed by atoms with Crippen molar-refractivity contribution >= 4 is 11.7 Å². The Labute approximate surface area is 76.7 Å². The molecule has 13 heavy (non-hydrogen) atoms. The zero-order chi connectivity index (χ0) is 9.26. The average molecular weight is 179 g/mol. The number of nitrogens with one attached hydrogen (secondary N) is 2. The number of anilines is 1. The lowest BCUT2D eigenvalue weighted by Crippen LogP contribution is -2.14. The second-order valence-corrected chi connectivity index (χ2v) is 3.39. The van der Waals surface area contributed by atoms with Gasteiger partial charge in [-0.2, -0.15) is 5.10 Å². The normalized spacial score (nSPS) is 15.8. The van der Waals surface area contributed by atoms with Crippen molar-refractivity contribution in [3.63, 3.8) is 0 Å². The van der Waals surface area contributed by atoms with Gasteiger partial charge >= 0.3 is 0 Å². The number of rotatable bonds is 3. The molecule has 4 heteroatoms. The molecule has 0 saturated heterocycles. The van der Waals surface area contributed by atoms with Crippen LogP contribution in [0.2, 0.25) is 0 Å². The highest BCUT2D eigenvalue weighted by atomic mass is 16.2. The van der Waals surface area contributed by atoms with E-state index in [0.29, 0.717) is 0 Å². The Morgan fingerprint density at radius 3 is 3.15 bits per heavy atom. The van der Waals surface area contributed by atoms with Crippen molar-refractivity contribution in [1.29, 1.82) is 0 Å². The first-order valence-electron chi connectivity index (χ1n) is 4.64. The summed E-state index contributed by atoms with van der Waals surface area (Å²) in [5.74, 6) is 1.13. The van der Waals surface area contributed by atoms with E-state index in [-0.39, 0.29) is 11.8 Å². The van der Waals surface area contributed by atoms with Crippen molar-refractivity contribution in [1.82, 2.24) is 10.2 Å². The molecule has 1 fully saturated rings. The summed E-state index contributed by atoms with van der Waals surface area (Å²) in [6.45, 7) is 2.04. The van der Waals surface area contributed by atoms with Gasteiger partial charge in [-0.15, -0.1) is 0 Å². The van der Waals surface area contributed by atoms with E-state index < -0.39 is 0 Å². The molecule has 1 aliphatic carbocycles. The molecule has 0 aromatic carbocycles. The van der Waals surface area contributed by atoms with Crippen LogP contribution >= 0.6 is 0 Å². The van der Waals surface area contributed by atoms with E-state index in [4.69, 9.17) is 0 Å². The number of carbonyl (C=O) groups excluding carboxylic acids is 1. The topological polar surface area (TPSA) is 57.8 Å². The molecule has 0 radical (unpaired) electrons. The van der Waals surface area contributed by atoms with Gasteiger partial charge in [-0.25, -0.2) is 0 Å². The lowest BCUT2D eigenvalue weighted by Gasteiger charge is -2.02. The standard InChI is InChI=1S/C9H13N3O/c1-2-6-5-10-12-8(6)11-9(13)7-3-4-7/h5,7H,2-4H2,1H3,(H2,10,11,12,13). The minimum Gasteiger partial charge on any atom is -0.311 e. The SMILES string of the molecule is CCc1cn[nH]c1NC(=O)C1CC1. The number of H-pyrrole nitrogens is 1.